The van der Waals surface area contributed by atoms with Crippen LogP contribution in [0.15, 0.2) is 158 Å². The molecule has 3 heteroatoms. The van der Waals surface area contributed by atoms with Crippen LogP contribution in [0.3, 0.4) is 0 Å². The molecule has 1 aromatic heterocycles. The monoisotopic (exact) mass is 646 g/mol. The topological polar surface area (TPSA) is 45.9 Å². The van der Waals surface area contributed by atoms with Gasteiger partial charge in [-0.05, 0) is 126 Å². The zero-order valence-corrected chi connectivity index (χ0v) is 27.3. The van der Waals surface area contributed by atoms with Crippen molar-refractivity contribution in [2.45, 2.75) is 0 Å². The summed E-state index contributed by atoms with van der Waals surface area (Å²) in [7, 11) is 0. The van der Waals surface area contributed by atoms with E-state index in [0.29, 0.717) is 5.56 Å². The highest BCUT2D eigenvalue weighted by Gasteiger charge is 2.22. The molecule has 51 heavy (non-hydrogen) atoms. The number of benzene rings is 9. The Hall–Kier alpha value is -7.02. The van der Waals surface area contributed by atoms with Crippen LogP contribution in [0.1, 0.15) is 5.56 Å². The van der Waals surface area contributed by atoms with Crippen LogP contribution in [0.5, 0.6) is 11.5 Å². The van der Waals surface area contributed by atoms with E-state index in [4.69, 9.17) is 4.74 Å². The first kappa shape index (κ1) is 27.9. The van der Waals surface area contributed by atoms with Crippen LogP contribution >= 0.6 is 0 Å². The van der Waals surface area contributed by atoms with E-state index in [-0.39, 0.29) is 0 Å². The molecule has 11 rings (SSSR count). The SMILES string of the molecule is N#Cc1ccc2c(c1)Oc1ccc(-c3cc4ccc5cc(-c6ccc(-c7cccc8cccnc78)cc6)cc6ccc(c3)c4c56)c3cccc-2c13. The number of nitriles is 1. The molecule has 0 amide bonds. The van der Waals surface area contributed by atoms with Gasteiger partial charge in [0.1, 0.15) is 11.5 Å². The minimum atomic E-state index is 0.593. The average molecular weight is 647 g/mol. The van der Waals surface area contributed by atoms with Crippen LogP contribution in [0.4, 0.5) is 0 Å². The number of fused-ring (bicyclic) bond motifs is 3. The lowest BCUT2D eigenvalue weighted by molar-refractivity contribution is 0.487. The van der Waals surface area contributed by atoms with Gasteiger partial charge in [0.25, 0.3) is 0 Å². The number of ether oxygens (including phenoxy) is 1. The minimum absolute atomic E-state index is 0.593. The van der Waals surface area contributed by atoms with Crippen LogP contribution in [-0.4, -0.2) is 4.98 Å². The molecule has 0 radical (unpaired) electrons. The smallest absolute Gasteiger partial charge is 0.136 e. The first-order valence-corrected chi connectivity index (χ1v) is 17.2. The Bertz CT molecular complexity index is 3040. The molecule has 0 unspecified atom stereocenters. The lowest BCUT2D eigenvalue weighted by atomic mass is 9.87. The fourth-order valence-electron chi connectivity index (χ4n) is 8.29. The maximum atomic E-state index is 9.44. The Labute approximate surface area is 293 Å². The molecule has 0 N–H and O–H groups in total. The molecule has 10 aromatic rings. The van der Waals surface area contributed by atoms with E-state index in [9.17, 15) is 5.26 Å². The van der Waals surface area contributed by atoms with Gasteiger partial charge in [0.05, 0.1) is 17.1 Å². The molecule has 0 atom stereocenters. The van der Waals surface area contributed by atoms with E-state index in [0.717, 1.165) is 49.9 Å². The maximum Gasteiger partial charge on any atom is 0.136 e. The number of rotatable bonds is 3. The third-order valence-corrected chi connectivity index (χ3v) is 10.6. The third-order valence-electron chi connectivity index (χ3n) is 10.6. The number of hydrogen-bond donors (Lipinski definition) is 0. The zero-order chi connectivity index (χ0) is 33.6. The molecule has 1 aliphatic rings. The third kappa shape index (κ3) is 4.14. The predicted molar refractivity (Wildman–Crippen MR) is 209 cm³/mol. The van der Waals surface area contributed by atoms with Crippen molar-refractivity contribution in [3.63, 3.8) is 0 Å². The van der Waals surface area contributed by atoms with Crippen molar-refractivity contribution in [3.05, 3.63) is 163 Å². The molecular weight excluding hydrogens is 621 g/mol. The highest BCUT2D eigenvalue weighted by Crippen LogP contribution is 2.49. The maximum absolute atomic E-state index is 9.44. The van der Waals surface area contributed by atoms with Crippen LogP contribution in [0, 0.1) is 11.3 Å². The van der Waals surface area contributed by atoms with E-state index in [1.807, 2.05) is 30.5 Å². The van der Waals surface area contributed by atoms with Gasteiger partial charge in [-0.15, -0.1) is 0 Å². The second-order valence-electron chi connectivity index (χ2n) is 13.4. The molecule has 234 valence electrons. The summed E-state index contributed by atoms with van der Waals surface area (Å²) in [5, 5.41) is 20.4. The summed E-state index contributed by atoms with van der Waals surface area (Å²) in [6, 6.07) is 56.3. The normalized spacial score (nSPS) is 12.1. The standard InChI is InChI=1S/C48H26N2O/c49-27-28-9-18-40-42-8-2-7-41-38(19-20-43(47(41)42)51-44(40)22-28)37-25-34-16-14-32-23-36(24-33-15-17-35(26-37)46(34)45(32)33)29-10-12-30(13-11-29)39-6-1-4-31-5-3-21-50-48(31)39/h1-26H. The quantitative estimate of drug-likeness (QED) is 0.179. The van der Waals surface area contributed by atoms with Crippen LogP contribution < -0.4 is 4.74 Å². The van der Waals surface area contributed by atoms with Crippen LogP contribution in [-0.2, 0) is 0 Å². The Morgan fingerprint density at radius 1 is 0.431 bits per heavy atom. The van der Waals surface area contributed by atoms with Gasteiger partial charge in [-0.25, -0.2) is 0 Å². The van der Waals surface area contributed by atoms with E-state index >= 15 is 0 Å². The van der Waals surface area contributed by atoms with Gasteiger partial charge < -0.3 is 4.74 Å². The molecule has 0 bridgehead atoms. The molecule has 0 spiro atoms. The number of nitrogens with zero attached hydrogens (tertiary/aromatic N) is 2. The summed E-state index contributed by atoms with van der Waals surface area (Å²) >= 11 is 0. The van der Waals surface area contributed by atoms with Crippen molar-refractivity contribution in [2.24, 2.45) is 0 Å². The number of aromatic nitrogens is 1. The van der Waals surface area contributed by atoms with Crippen molar-refractivity contribution in [1.29, 1.82) is 5.26 Å². The number of para-hydroxylation sites is 1. The average Bonchev–Trinajstić information content (AvgIpc) is 3.19. The molecule has 0 aliphatic carbocycles. The molecule has 9 aromatic carbocycles. The van der Waals surface area contributed by atoms with Crippen LogP contribution in [0.2, 0.25) is 0 Å². The Morgan fingerprint density at radius 3 is 1.82 bits per heavy atom. The van der Waals surface area contributed by atoms with Crippen LogP contribution in [0.25, 0.3) is 98.5 Å². The van der Waals surface area contributed by atoms with Gasteiger partial charge in [0.15, 0.2) is 0 Å². The van der Waals surface area contributed by atoms with Gasteiger partial charge in [0.2, 0.25) is 0 Å². The van der Waals surface area contributed by atoms with Gasteiger partial charge in [-0.1, -0.05) is 97.1 Å². The molecule has 0 fully saturated rings. The second-order valence-corrected chi connectivity index (χ2v) is 13.4. The Morgan fingerprint density at radius 2 is 1.08 bits per heavy atom. The van der Waals surface area contributed by atoms with Gasteiger partial charge >= 0.3 is 0 Å². The predicted octanol–water partition coefficient (Wildman–Crippen LogP) is 12.9. The second kappa shape index (κ2) is 10.5. The first-order chi connectivity index (χ1) is 25.2. The molecule has 2 heterocycles. The molecule has 3 nitrogen and oxygen atoms in total. The first-order valence-electron chi connectivity index (χ1n) is 17.2. The van der Waals surface area contributed by atoms with E-state index < -0.39 is 0 Å². The lowest BCUT2D eigenvalue weighted by Gasteiger charge is -2.23. The van der Waals surface area contributed by atoms with Crippen molar-refractivity contribution in [3.8, 4) is 62.1 Å². The van der Waals surface area contributed by atoms with Crippen molar-refractivity contribution >= 4 is 54.0 Å². The summed E-state index contributed by atoms with van der Waals surface area (Å²) in [6.07, 6.45) is 1.86. The highest BCUT2D eigenvalue weighted by atomic mass is 16.5. The summed E-state index contributed by atoms with van der Waals surface area (Å²) in [5.74, 6) is 1.55. The molecule has 0 saturated carbocycles. The van der Waals surface area contributed by atoms with Crippen molar-refractivity contribution in [2.75, 3.05) is 0 Å². The number of hydrogen-bond acceptors (Lipinski definition) is 3. The molecule has 1 aliphatic heterocycles. The van der Waals surface area contributed by atoms with Crippen molar-refractivity contribution < 1.29 is 4.74 Å². The summed E-state index contributed by atoms with van der Waals surface area (Å²) < 4.78 is 6.37. The Kier molecular flexibility index (Phi) is 5.73. The van der Waals surface area contributed by atoms with Crippen molar-refractivity contribution in [1.82, 2.24) is 4.98 Å². The largest absolute Gasteiger partial charge is 0.456 e. The fourth-order valence-corrected chi connectivity index (χ4v) is 8.29. The van der Waals surface area contributed by atoms with Gasteiger partial charge in [-0.2, -0.15) is 5.26 Å². The van der Waals surface area contributed by atoms with Gasteiger partial charge in [0, 0.05) is 28.1 Å². The lowest BCUT2D eigenvalue weighted by Crippen LogP contribution is -1.98. The molecular formula is C48H26N2O. The summed E-state index contributed by atoms with van der Waals surface area (Å²) in [4.78, 5) is 4.67. The fraction of sp³-hybridized carbons (Fsp3) is 0. The molecule has 0 saturated heterocycles. The minimum Gasteiger partial charge on any atom is -0.456 e. The zero-order valence-electron chi connectivity index (χ0n) is 27.3. The summed E-state index contributed by atoms with van der Waals surface area (Å²) in [5.41, 5.74) is 10.8. The Balaban J connectivity index is 1.01. The van der Waals surface area contributed by atoms with E-state index in [2.05, 4.69) is 138 Å². The van der Waals surface area contributed by atoms with E-state index in [1.165, 1.54) is 60.1 Å². The highest BCUT2D eigenvalue weighted by molar-refractivity contribution is 6.25. The van der Waals surface area contributed by atoms with E-state index in [1.54, 1.807) is 0 Å². The van der Waals surface area contributed by atoms with Gasteiger partial charge in [-0.3, -0.25) is 4.98 Å². The summed E-state index contributed by atoms with van der Waals surface area (Å²) in [6.45, 7) is 0. The number of pyridine rings is 1.